The van der Waals surface area contributed by atoms with E-state index < -0.39 is 9.84 Å². The van der Waals surface area contributed by atoms with Crippen molar-refractivity contribution in [1.82, 2.24) is 4.90 Å². The highest BCUT2D eigenvalue weighted by atomic mass is 32.2. The summed E-state index contributed by atoms with van der Waals surface area (Å²) in [5.74, 6) is 0.174. The third kappa shape index (κ3) is 5.66. The molecule has 0 atom stereocenters. The molecule has 2 rings (SSSR count). The number of aliphatic hydroxyl groups excluding tert-OH is 1. The molecule has 0 spiro atoms. The number of rotatable bonds is 7. The van der Waals surface area contributed by atoms with Gasteiger partial charge in [0.15, 0.2) is 0 Å². The molecule has 0 aliphatic heterocycles. The zero-order chi connectivity index (χ0) is 18.6. The smallest absolute Gasteiger partial charge is 0.148 e. The van der Waals surface area contributed by atoms with Gasteiger partial charge in [-0.2, -0.15) is 0 Å². The van der Waals surface area contributed by atoms with Gasteiger partial charge in [-0.1, -0.05) is 30.3 Å². The molecule has 0 saturated carbocycles. The molecule has 0 unspecified atom stereocenters. The van der Waals surface area contributed by atoms with Crippen LogP contribution in [0.3, 0.4) is 0 Å². The molecule has 0 aliphatic carbocycles. The summed E-state index contributed by atoms with van der Waals surface area (Å²) in [4.78, 5) is 2.03. The Labute approximate surface area is 151 Å². The van der Waals surface area contributed by atoms with Gasteiger partial charge in [0.05, 0.1) is 12.4 Å². The van der Waals surface area contributed by atoms with Crippen molar-refractivity contribution in [2.75, 3.05) is 25.6 Å². The van der Waals surface area contributed by atoms with Crippen molar-refractivity contribution in [3.8, 4) is 11.1 Å². The van der Waals surface area contributed by atoms with Crippen LogP contribution >= 0.6 is 0 Å². The second-order valence-corrected chi connectivity index (χ2v) is 9.09. The van der Waals surface area contributed by atoms with Gasteiger partial charge in [-0.15, -0.1) is 0 Å². The lowest BCUT2D eigenvalue weighted by Crippen LogP contribution is -2.25. The molecule has 136 valence electrons. The minimum atomic E-state index is -2.94. The van der Waals surface area contributed by atoms with Crippen LogP contribution < -0.4 is 0 Å². The summed E-state index contributed by atoms with van der Waals surface area (Å²) in [6, 6.07) is 12.3. The quantitative estimate of drug-likeness (QED) is 0.824. The summed E-state index contributed by atoms with van der Waals surface area (Å²) in [6.45, 7) is 5.46. The van der Waals surface area contributed by atoms with Crippen molar-refractivity contribution in [3.63, 3.8) is 0 Å². The average molecular weight is 362 g/mol. The number of hydrogen-bond acceptors (Lipinski definition) is 4. The Morgan fingerprint density at radius 3 is 2.24 bits per heavy atom. The van der Waals surface area contributed by atoms with Crippen LogP contribution in [0.4, 0.5) is 0 Å². The normalized spacial score (nSPS) is 11.9. The zero-order valence-corrected chi connectivity index (χ0v) is 16.2. The van der Waals surface area contributed by atoms with Crippen LogP contribution in [0.5, 0.6) is 0 Å². The highest BCUT2D eigenvalue weighted by Crippen LogP contribution is 2.29. The van der Waals surface area contributed by atoms with Crippen molar-refractivity contribution in [2.45, 2.75) is 27.0 Å². The van der Waals surface area contributed by atoms with Gasteiger partial charge in [0.1, 0.15) is 9.84 Å². The Kier molecular flexibility index (Phi) is 6.38. The molecule has 5 heteroatoms. The summed E-state index contributed by atoms with van der Waals surface area (Å²) < 4.78 is 22.6. The molecule has 0 bridgehead atoms. The first-order valence-electron chi connectivity index (χ1n) is 8.36. The fraction of sp³-hybridized carbons (Fsp3) is 0.400. The van der Waals surface area contributed by atoms with Gasteiger partial charge in [0.25, 0.3) is 0 Å². The lowest BCUT2D eigenvalue weighted by molar-refractivity contribution is 0.282. The van der Waals surface area contributed by atoms with E-state index >= 15 is 0 Å². The molecule has 0 aromatic heterocycles. The molecule has 4 nitrogen and oxygen atoms in total. The summed E-state index contributed by atoms with van der Waals surface area (Å²) in [6.07, 6.45) is 1.27. The molecule has 0 aliphatic rings. The van der Waals surface area contributed by atoms with E-state index in [4.69, 9.17) is 0 Å². The zero-order valence-electron chi connectivity index (χ0n) is 15.4. The molecule has 0 saturated heterocycles. The summed E-state index contributed by atoms with van der Waals surface area (Å²) in [5, 5.41) is 9.35. The third-order valence-electron chi connectivity index (χ3n) is 4.29. The van der Waals surface area contributed by atoms with Gasteiger partial charge < -0.3 is 10.0 Å². The van der Waals surface area contributed by atoms with E-state index in [1.165, 1.54) is 28.5 Å². The first-order chi connectivity index (χ1) is 11.7. The van der Waals surface area contributed by atoms with Crippen molar-refractivity contribution >= 4 is 9.84 Å². The van der Waals surface area contributed by atoms with Gasteiger partial charge >= 0.3 is 0 Å². The standard InChI is InChI=1S/C20H27NO3S/c1-15-10-18(13-21(3)8-9-25(4,23)24)11-16(2)20(15)19-7-5-6-17(12-19)14-22/h5-7,10-12,22H,8-9,13-14H2,1-4H3. The van der Waals surface area contributed by atoms with Crippen LogP contribution in [0.2, 0.25) is 0 Å². The Morgan fingerprint density at radius 2 is 1.68 bits per heavy atom. The number of sulfone groups is 1. The predicted molar refractivity (Wildman–Crippen MR) is 103 cm³/mol. The maximum absolute atomic E-state index is 11.3. The third-order valence-corrected chi connectivity index (χ3v) is 5.21. The predicted octanol–water partition coefficient (Wildman–Crippen LogP) is 2.94. The SMILES string of the molecule is Cc1cc(CN(C)CCS(C)(=O)=O)cc(C)c1-c1cccc(CO)c1. The van der Waals surface area contributed by atoms with Crippen molar-refractivity contribution < 1.29 is 13.5 Å². The second-order valence-electron chi connectivity index (χ2n) is 6.83. The highest BCUT2D eigenvalue weighted by molar-refractivity contribution is 7.90. The molecule has 2 aromatic carbocycles. The summed E-state index contributed by atoms with van der Waals surface area (Å²) >= 11 is 0. The van der Waals surface area contributed by atoms with Crippen LogP contribution in [0.1, 0.15) is 22.3 Å². The maximum atomic E-state index is 11.3. The van der Waals surface area contributed by atoms with E-state index in [1.807, 2.05) is 30.1 Å². The highest BCUT2D eigenvalue weighted by Gasteiger charge is 2.11. The molecule has 0 radical (unpaired) electrons. The first-order valence-corrected chi connectivity index (χ1v) is 10.4. The monoisotopic (exact) mass is 361 g/mol. The van der Waals surface area contributed by atoms with Crippen LogP contribution in [0, 0.1) is 13.8 Å². The Balaban J connectivity index is 2.22. The molecule has 0 fully saturated rings. The van der Waals surface area contributed by atoms with Crippen LogP contribution in [-0.2, 0) is 23.0 Å². The van der Waals surface area contributed by atoms with Gasteiger partial charge in [0.2, 0.25) is 0 Å². The molecule has 25 heavy (non-hydrogen) atoms. The van der Waals surface area contributed by atoms with Crippen LogP contribution in [-0.4, -0.2) is 44.0 Å². The minimum Gasteiger partial charge on any atom is -0.392 e. The van der Waals surface area contributed by atoms with E-state index in [1.54, 1.807) is 0 Å². The molecule has 2 aromatic rings. The summed E-state index contributed by atoms with van der Waals surface area (Å²) in [5.41, 5.74) is 6.74. The number of nitrogens with zero attached hydrogens (tertiary/aromatic N) is 1. The molecule has 0 heterocycles. The molecule has 0 amide bonds. The molecule has 1 N–H and O–H groups in total. The van der Waals surface area contributed by atoms with E-state index in [2.05, 4.69) is 32.0 Å². The molecular formula is C20H27NO3S. The van der Waals surface area contributed by atoms with E-state index in [-0.39, 0.29) is 12.4 Å². The Hall–Kier alpha value is -1.69. The second kappa shape index (κ2) is 8.13. The van der Waals surface area contributed by atoms with E-state index in [9.17, 15) is 13.5 Å². The van der Waals surface area contributed by atoms with E-state index in [0.29, 0.717) is 13.1 Å². The lowest BCUT2D eigenvalue weighted by atomic mass is 9.92. The average Bonchev–Trinajstić information content (AvgIpc) is 2.52. The van der Waals surface area contributed by atoms with E-state index in [0.717, 1.165) is 11.1 Å². The Morgan fingerprint density at radius 1 is 1.04 bits per heavy atom. The minimum absolute atomic E-state index is 0.0369. The van der Waals surface area contributed by atoms with Gasteiger partial charge in [-0.25, -0.2) is 8.42 Å². The van der Waals surface area contributed by atoms with Gasteiger partial charge in [-0.05, 0) is 60.3 Å². The number of aryl methyl sites for hydroxylation is 2. The fourth-order valence-corrected chi connectivity index (χ4v) is 3.78. The molecular weight excluding hydrogens is 334 g/mol. The van der Waals surface area contributed by atoms with Crippen molar-refractivity contribution in [1.29, 1.82) is 0 Å². The largest absolute Gasteiger partial charge is 0.392 e. The van der Waals surface area contributed by atoms with Crippen LogP contribution in [0.15, 0.2) is 36.4 Å². The number of benzene rings is 2. The number of hydrogen-bond donors (Lipinski definition) is 1. The van der Waals surface area contributed by atoms with Crippen LogP contribution in [0.25, 0.3) is 11.1 Å². The van der Waals surface area contributed by atoms with Gasteiger partial charge in [-0.3, -0.25) is 0 Å². The topological polar surface area (TPSA) is 57.6 Å². The maximum Gasteiger partial charge on any atom is 0.148 e. The fourth-order valence-electron chi connectivity index (χ4n) is 3.14. The summed E-state index contributed by atoms with van der Waals surface area (Å²) in [7, 11) is -1.00. The number of aliphatic hydroxyl groups is 1. The lowest BCUT2D eigenvalue weighted by Gasteiger charge is -2.19. The van der Waals surface area contributed by atoms with Crippen molar-refractivity contribution in [2.24, 2.45) is 0 Å². The van der Waals surface area contributed by atoms with Crippen molar-refractivity contribution in [3.05, 3.63) is 58.7 Å². The van der Waals surface area contributed by atoms with Gasteiger partial charge in [0, 0.05) is 19.3 Å². The first kappa shape index (κ1) is 19.6. The Bertz CT molecular complexity index is 821.